The van der Waals surface area contributed by atoms with Crippen LogP contribution in [0.1, 0.15) is 69.2 Å². The number of aliphatic carboxylic acids is 4. The number of nitrogens with zero attached hydrogens (tertiary/aromatic N) is 1. The van der Waals surface area contributed by atoms with Crippen LogP contribution in [0.25, 0.3) is 0 Å². The molecule has 4 atom stereocenters. The van der Waals surface area contributed by atoms with Gasteiger partial charge in [-0.05, 0) is 69.2 Å². The summed E-state index contributed by atoms with van der Waals surface area (Å²) in [5.74, 6) is -5.74. The van der Waals surface area contributed by atoms with E-state index in [0.29, 0.717) is 18.1 Å². The first kappa shape index (κ1) is 46.8. The summed E-state index contributed by atoms with van der Waals surface area (Å²) in [5.41, 5.74) is 0. The van der Waals surface area contributed by atoms with Crippen molar-refractivity contribution in [2.75, 3.05) is 0 Å². The molecule has 0 bridgehead atoms. The Balaban J connectivity index is -0.0000000761. The number of hydrogen-bond donors (Lipinski definition) is 4. The number of carboxylic acid groups (broad SMARTS) is 4. The van der Waals surface area contributed by atoms with Crippen LogP contribution in [0.4, 0.5) is 0 Å². The van der Waals surface area contributed by atoms with Crippen LogP contribution in [0, 0.1) is 0 Å². The van der Waals surface area contributed by atoms with E-state index in [2.05, 4.69) is 46.4 Å². The minimum absolute atomic E-state index is 0. The number of aliphatic hydroxyl groups is 4. The first-order chi connectivity index (χ1) is 15.0. The minimum atomic E-state index is -1.44. The van der Waals surface area contributed by atoms with Gasteiger partial charge >= 0.3 is 26.2 Å². The zero-order valence-electron chi connectivity index (χ0n) is 22.0. The molecule has 0 spiro atoms. The number of carboxylic acids is 4. The van der Waals surface area contributed by atoms with Gasteiger partial charge in [-0.15, -0.1) is 0 Å². The molecular formula is C21H41NO12Zr. The maximum absolute atomic E-state index is 9.34. The molecule has 206 valence electrons. The third-order valence-electron chi connectivity index (χ3n) is 3.15. The normalized spacial score (nSPS) is 13.0. The summed E-state index contributed by atoms with van der Waals surface area (Å²) >= 11 is 0. The molecule has 0 aromatic carbocycles. The molecule has 0 aromatic rings. The first-order valence-electron chi connectivity index (χ1n) is 10.4. The van der Waals surface area contributed by atoms with Gasteiger partial charge < -0.3 is 60.0 Å². The summed E-state index contributed by atoms with van der Waals surface area (Å²) in [6.45, 7) is 18.0. The van der Waals surface area contributed by atoms with Crippen molar-refractivity contribution in [3.8, 4) is 0 Å². The maximum Gasteiger partial charge on any atom is 4.00 e. The molecule has 35 heavy (non-hydrogen) atoms. The predicted octanol–water partition coefficient (Wildman–Crippen LogP) is -5.02. The number of carbonyl (C=O) groups excluding carboxylic acids is 4. The fourth-order valence-corrected chi connectivity index (χ4v) is 1.79. The van der Waals surface area contributed by atoms with Crippen LogP contribution < -0.4 is 20.4 Å². The van der Waals surface area contributed by atoms with E-state index in [1.807, 2.05) is 0 Å². The van der Waals surface area contributed by atoms with Gasteiger partial charge in [0, 0.05) is 18.1 Å². The molecule has 0 heterocycles. The Morgan fingerprint density at radius 3 is 0.543 bits per heavy atom. The van der Waals surface area contributed by atoms with E-state index in [4.69, 9.17) is 20.4 Å². The van der Waals surface area contributed by atoms with Gasteiger partial charge in [0.05, 0.1) is 48.3 Å². The summed E-state index contributed by atoms with van der Waals surface area (Å²) in [5, 5.41) is 69.2. The van der Waals surface area contributed by atoms with Crippen molar-refractivity contribution in [2.45, 2.75) is 112 Å². The van der Waals surface area contributed by atoms with E-state index < -0.39 is 48.3 Å². The Bertz CT molecular complexity index is 459. The number of aliphatic hydroxyl groups excluding tert-OH is 4. The van der Waals surface area contributed by atoms with Gasteiger partial charge in [0.25, 0.3) is 0 Å². The summed E-state index contributed by atoms with van der Waals surface area (Å²) in [4.78, 5) is 39.9. The fourth-order valence-electron chi connectivity index (χ4n) is 1.79. The van der Waals surface area contributed by atoms with E-state index in [9.17, 15) is 39.6 Å². The van der Waals surface area contributed by atoms with Crippen LogP contribution in [0.15, 0.2) is 0 Å². The van der Waals surface area contributed by atoms with Crippen LogP contribution in [0.5, 0.6) is 0 Å². The Labute approximate surface area is 226 Å². The van der Waals surface area contributed by atoms with Crippen LogP contribution in [-0.4, -0.2) is 91.7 Å². The van der Waals surface area contributed by atoms with Crippen molar-refractivity contribution in [1.82, 2.24) is 4.90 Å². The summed E-state index contributed by atoms with van der Waals surface area (Å²) < 4.78 is 0. The third kappa shape index (κ3) is 43.1. The third-order valence-corrected chi connectivity index (χ3v) is 3.15. The zero-order valence-corrected chi connectivity index (χ0v) is 24.5. The second-order valence-electron chi connectivity index (χ2n) is 7.71. The quantitative estimate of drug-likeness (QED) is 0.217. The smallest absolute Gasteiger partial charge is 0.547 e. The Morgan fingerprint density at radius 1 is 0.457 bits per heavy atom. The van der Waals surface area contributed by atoms with E-state index in [1.54, 1.807) is 0 Å². The van der Waals surface area contributed by atoms with Gasteiger partial charge in [0.15, 0.2) is 0 Å². The molecule has 13 nitrogen and oxygen atoms in total. The van der Waals surface area contributed by atoms with Crippen LogP contribution in [0.2, 0.25) is 0 Å². The molecule has 0 amide bonds. The Morgan fingerprint density at radius 2 is 0.543 bits per heavy atom. The molecule has 0 rings (SSSR count). The van der Waals surface area contributed by atoms with Gasteiger partial charge in [-0.1, -0.05) is 0 Å². The first-order valence-corrected chi connectivity index (χ1v) is 10.4. The van der Waals surface area contributed by atoms with Gasteiger partial charge in [-0.3, -0.25) is 4.90 Å². The predicted molar refractivity (Wildman–Crippen MR) is 114 cm³/mol. The van der Waals surface area contributed by atoms with Crippen molar-refractivity contribution >= 4 is 23.9 Å². The molecule has 14 heteroatoms. The standard InChI is InChI=1S/C9H21N.4C3H6O3.Zr/c1-7(2)10(8(3)4)9(5)6;4*1-2(4)3(5)6;/h7-9H,1-6H3;4*2,4H,1H3,(H,5,6);/q;;;;;+4/p-4. The van der Waals surface area contributed by atoms with E-state index >= 15 is 0 Å². The number of rotatable bonds is 7. The molecule has 0 saturated carbocycles. The Kier molecular flexibility index (Phi) is 36.3. The zero-order chi connectivity index (χ0) is 28.9. The number of hydrogen-bond acceptors (Lipinski definition) is 13. The molecular weight excluding hydrogens is 549 g/mol. The number of carbonyl (C=O) groups is 4. The summed E-state index contributed by atoms with van der Waals surface area (Å²) in [7, 11) is 0. The van der Waals surface area contributed by atoms with Crippen molar-refractivity contribution in [1.29, 1.82) is 0 Å². The molecule has 0 aliphatic rings. The second-order valence-corrected chi connectivity index (χ2v) is 7.71. The SMILES string of the molecule is CC(C)N(C(C)C)C(C)C.CC(O)C(=O)[O-].CC(O)C(=O)[O-].CC(O)C(=O)[O-].CC(O)C(=O)[O-].[Zr+4]. The van der Waals surface area contributed by atoms with Crippen LogP contribution in [0.3, 0.4) is 0 Å². The molecule has 4 unspecified atom stereocenters. The van der Waals surface area contributed by atoms with Gasteiger partial charge in [-0.2, -0.15) is 0 Å². The minimum Gasteiger partial charge on any atom is -0.547 e. The molecule has 0 radical (unpaired) electrons. The molecule has 4 N–H and O–H groups in total. The van der Waals surface area contributed by atoms with E-state index in [-0.39, 0.29) is 26.2 Å². The maximum atomic E-state index is 9.34. The van der Waals surface area contributed by atoms with Crippen molar-refractivity contribution < 1.29 is 86.2 Å². The van der Waals surface area contributed by atoms with Crippen molar-refractivity contribution in [3.05, 3.63) is 0 Å². The van der Waals surface area contributed by atoms with Gasteiger partial charge in [0.2, 0.25) is 0 Å². The largest absolute Gasteiger partial charge is 4.00 e. The average Bonchev–Trinajstić information content (AvgIpc) is 2.62. The monoisotopic (exact) mass is 589 g/mol. The second kappa shape index (κ2) is 27.2. The van der Waals surface area contributed by atoms with Crippen molar-refractivity contribution in [2.24, 2.45) is 0 Å². The molecule has 0 saturated heterocycles. The van der Waals surface area contributed by atoms with Crippen LogP contribution in [-0.2, 0) is 45.4 Å². The Hall–Kier alpha value is -1.44. The fraction of sp³-hybridized carbons (Fsp3) is 0.810. The van der Waals surface area contributed by atoms with E-state index in [0.717, 1.165) is 27.7 Å². The topological polar surface area (TPSA) is 245 Å². The van der Waals surface area contributed by atoms with Crippen LogP contribution >= 0.6 is 0 Å². The van der Waals surface area contributed by atoms with E-state index in [1.165, 1.54) is 0 Å². The molecule has 0 aliphatic carbocycles. The summed E-state index contributed by atoms with van der Waals surface area (Å²) in [6, 6.07) is 2.00. The van der Waals surface area contributed by atoms with Gasteiger partial charge in [0.1, 0.15) is 0 Å². The van der Waals surface area contributed by atoms with Gasteiger partial charge in [-0.25, -0.2) is 0 Å². The average molecular weight is 591 g/mol. The molecule has 0 aliphatic heterocycles. The summed E-state index contributed by atoms with van der Waals surface area (Å²) in [6.07, 6.45) is -5.37. The van der Waals surface area contributed by atoms with Crippen molar-refractivity contribution in [3.63, 3.8) is 0 Å². The molecule has 0 aromatic heterocycles. The molecule has 0 fully saturated rings.